The van der Waals surface area contributed by atoms with Gasteiger partial charge in [0.1, 0.15) is 6.04 Å². The number of nitrogens with one attached hydrogen (secondary N) is 1. The Morgan fingerprint density at radius 2 is 1.88 bits per heavy atom. The largest absolute Gasteiger partial charge is 0.368 e. The van der Waals surface area contributed by atoms with Crippen LogP contribution in [-0.4, -0.2) is 41.4 Å². The predicted molar refractivity (Wildman–Crippen MR) is 90.7 cm³/mol. The van der Waals surface area contributed by atoms with Crippen molar-refractivity contribution >= 4 is 11.8 Å². The lowest BCUT2D eigenvalue weighted by Gasteiger charge is -2.38. The first kappa shape index (κ1) is 19.3. The molecule has 1 unspecified atom stereocenters. The minimum atomic E-state index is -0.997. The van der Waals surface area contributed by atoms with Crippen LogP contribution >= 0.6 is 0 Å². The fourth-order valence-electron chi connectivity index (χ4n) is 3.32. The highest BCUT2D eigenvalue weighted by molar-refractivity contribution is 5.87. The van der Waals surface area contributed by atoms with Gasteiger partial charge in [0.2, 0.25) is 11.8 Å². The maximum Gasteiger partial charge on any atom is 0.240 e. The highest BCUT2D eigenvalue weighted by Gasteiger charge is 2.28. The van der Waals surface area contributed by atoms with Crippen LogP contribution in [0.15, 0.2) is 18.2 Å². The molecule has 1 saturated heterocycles. The molecule has 1 aromatic carbocycles. The second kappa shape index (κ2) is 8.38. The molecule has 0 aromatic heterocycles. The minimum absolute atomic E-state index is 0.0172. The van der Waals surface area contributed by atoms with Gasteiger partial charge in [-0.1, -0.05) is 12.5 Å². The number of primary amides is 1. The number of carbonyl (C=O) groups is 2. The molecule has 25 heavy (non-hydrogen) atoms. The summed E-state index contributed by atoms with van der Waals surface area (Å²) in [7, 11) is 0. The van der Waals surface area contributed by atoms with Gasteiger partial charge in [0.15, 0.2) is 11.6 Å². The predicted octanol–water partition coefficient (Wildman–Crippen LogP) is 1.74. The van der Waals surface area contributed by atoms with Crippen molar-refractivity contribution in [1.82, 2.24) is 10.2 Å². The zero-order chi connectivity index (χ0) is 18.6. The van der Waals surface area contributed by atoms with Gasteiger partial charge in [-0.15, -0.1) is 0 Å². The minimum Gasteiger partial charge on any atom is -0.368 e. The second-order valence-corrected chi connectivity index (χ2v) is 6.78. The number of likely N-dealkylation sites (tertiary alicyclic amines) is 1. The first-order valence-electron chi connectivity index (χ1n) is 8.56. The summed E-state index contributed by atoms with van der Waals surface area (Å²) in [5.74, 6) is -2.97. The Labute approximate surface area is 146 Å². The molecule has 1 aliphatic rings. The van der Waals surface area contributed by atoms with Crippen molar-refractivity contribution < 1.29 is 18.4 Å². The molecule has 1 fully saturated rings. The van der Waals surface area contributed by atoms with E-state index in [1.807, 2.05) is 0 Å². The molecule has 0 bridgehead atoms. The summed E-state index contributed by atoms with van der Waals surface area (Å²) in [6.45, 7) is 4.34. The van der Waals surface area contributed by atoms with Crippen LogP contribution in [0, 0.1) is 11.6 Å². The normalized spacial score (nSPS) is 22.4. The van der Waals surface area contributed by atoms with Crippen LogP contribution < -0.4 is 11.1 Å². The number of rotatable bonds is 6. The van der Waals surface area contributed by atoms with Crippen LogP contribution in [0.2, 0.25) is 0 Å². The van der Waals surface area contributed by atoms with Gasteiger partial charge in [-0.05, 0) is 44.4 Å². The average Bonchev–Trinajstić information content (AvgIpc) is 2.54. The Morgan fingerprint density at radius 3 is 2.44 bits per heavy atom. The summed E-state index contributed by atoms with van der Waals surface area (Å²) in [6, 6.07) is 3.00. The molecule has 2 rings (SSSR count). The van der Waals surface area contributed by atoms with E-state index in [2.05, 4.69) is 24.1 Å². The smallest absolute Gasteiger partial charge is 0.240 e. The van der Waals surface area contributed by atoms with Crippen LogP contribution in [-0.2, 0) is 16.0 Å². The molecule has 1 aromatic rings. The van der Waals surface area contributed by atoms with Crippen molar-refractivity contribution in [3.05, 3.63) is 35.4 Å². The highest BCUT2D eigenvalue weighted by atomic mass is 19.2. The van der Waals surface area contributed by atoms with Crippen molar-refractivity contribution in [2.75, 3.05) is 6.54 Å². The first-order valence-corrected chi connectivity index (χ1v) is 8.56. The van der Waals surface area contributed by atoms with E-state index in [1.54, 1.807) is 0 Å². The Bertz CT molecular complexity index is 629. The van der Waals surface area contributed by atoms with Crippen molar-refractivity contribution in [3.8, 4) is 0 Å². The van der Waals surface area contributed by atoms with Crippen LogP contribution in [0.25, 0.3) is 0 Å². The Kier molecular flexibility index (Phi) is 6.47. The van der Waals surface area contributed by atoms with Gasteiger partial charge in [0.25, 0.3) is 0 Å². The number of nitrogens with zero attached hydrogens (tertiary/aromatic N) is 1. The summed E-state index contributed by atoms with van der Waals surface area (Å²) < 4.78 is 26.3. The lowest BCUT2D eigenvalue weighted by Crippen LogP contribution is -2.52. The Morgan fingerprint density at radius 1 is 1.24 bits per heavy atom. The number of halogens is 2. The van der Waals surface area contributed by atoms with E-state index in [-0.39, 0.29) is 18.9 Å². The Hall–Kier alpha value is -2.02. The Balaban J connectivity index is 1.99. The standard InChI is InChI=1S/C18H25F2N3O2/c1-11-4-3-5-12(2)23(11)10-17(24)22-16(18(21)25)9-13-6-7-14(19)15(20)8-13/h6-8,11-12,16H,3-5,9-10H2,1-2H3,(H2,21,25)(H,22,24)/t11-,12+,16?. The SMILES string of the molecule is C[C@@H]1CCC[C@H](C)N1CC(=O)NC(Cc1ccc(F)c(F)c1)C(N)=O. The number of amides is 2. The molecule has 3 N–H and O–H groups in total. The topological polar surface area (TPSA) is 75.4 Å². The molecule has 5 nitrogen and oxygen atoms in total. The molecule has 0 spiro atoms. The molecule has 7 heteroatoms. The molecular weight excluding hydrogens is 328 g/mol. The highest BCUT2D eigenvalue weighted by Crippen LogP contribution is 2.21. The molecule has 0 radical (unpaired) electrons. The fourth-order valence-corrected chi connectivity index (χ4v) is 3.32. The van der Waals surface area contributed by atoms with Gasteiger partial charge in [-0.2, -0.15) is 0 Å². The van der Waals surface area contributed by atoms with E-state index in [1.165, 1.54) is 6.07 Å². The fraction of sp³-hybridized carbons (Fsp3) is 0.556. The van der Waals surface area contributed by atoms with E-state index in [9.17, 15) is 18.4 Å². The third-order valence-corrected chi connectivity index (χ3v) is 4.80. The maximum atomic E-state index is 13.3. The van der Waals surface area contributed by atoms with E-state index in [4.69, 9.17) is 5.73 Å². The maximum absolute atomic E-state index is 13.3. The molecule has 3 atom stereocenters. The summed E-state index contributed by atoms with van der Waals surface area (Å²) in [5.41, 5.74) is 5.74. The van der Waals surface area contributed by atoms with Crippen molar-refractivity contribution in [3.63, 3.8) is 0 Å². The van der Waals surface area contributed by atoms with Crippen molar-refractivity contribution in [2.45, 2.75) is 57.7 Å². The zero-order valence-corrected chi connectivity index (χ0v) is 14.6. The van der Waals surface area contributed by atoms with Gasteiger partial charge >= 0.3 is 0 Å². The van der Waals surface area contributed by atoms with Gasteiger partial charge in [0, 0.05) is 18.5 Å². The number of carbonyl (C=O) groups excluding carboxylic acids is 2. The summed E-state index contributed by atoms with van der Waals surface area (Å²) >= 11 is 0. The molecule has 0 aliphatic carbocycles. The summed E-state index contributed by atoms with van der Waals surface area (Å²) in [4.78, 5) is 26.1. The number of hydrogen-bond acceptors (Lipinski definition) is 3. The molecular formula is C18H25F2N3O2. The third kappa shape index (κ3) is 5.22. The van der Waals surface area contributed by atoms with Crippen LogP contribution in [0.4, 0.5) is 8.78 Å². The zero-order valence-electron chi connectivity index (χ0n) is 14.6. The molecule has 2 amide bonds. The number of benzene rings is 1. The lowest BCUT2D eigenvalue weighted by molar-refractivity contribution is -0.129. The van der Waals surface area contributed by atoms with Gasteiger partial charge < -0.3 is 11.1 Å². The molecule has 1 heterocycles. The van der Waals surface area contributed by atoms with Crippen molar-refractivity contribution in [1.29, 1.82) is 0 Å². The van der Waals surface area contributed by atoms with Crippen LogP contribution in [0.1, 0.15) is 38.7 Å². The first-order chi connectivity index (χ1) is 11.8. The monoisotopic (exact) mass is 353 g/mol. The third-order valence-electron chi connectivity index (χ3n) is 4.80. The quantitative estimate of drug-likeness (QED) is 0.818. The van der Waals surface area contributed by atoms with Gasteiger partial charge in [0.05, 0.1) is 6.54 Å². The summed E-state index contributed by atoms with van der Waals surface area (Å²) in [5, 5.41) is 2.62. The van der Waals surface area contributed by atoms with E-state index in [0.29, 0.717) is 17.6 Å². The second-order valence-electron chi connectivity index (χ2n) is 6.78. The van der Waals surface area contributed by atoms with Crippen LogP contribution in [0.3, 0.4) is 0 Å². The average molecular weight is 353 g/mol. The van der Waals surface area contributed by atoms with Gasteiger partial charge in [-0.3, -0.25) is 14.5 Å². The molecule has 0 saturated carbocycles. The number of nitrogens with two attached hydrogens (primary N) is 1. The van der Waals surface area contributed by atoms with E-state index < -0.39 is 23.6 Å². The number of piperidine rings is 1. The molecule has 138 valence electrons. The van der Waals surface area contributed by atoms with E-state index in [0.717, 1.165) is 31.4 Å². The summed E-state index contributed by atoms with van der Waals surface area (Å²) in [6.07, 6.45) is 3.22. The number of hydrogen-bond donors (Lipinski definition) is 2. The van der Waals surface area contributed by atoms with Gasteiger partial charge in [-0.25, -0.2) is 8.78 Å². The van der Waals surface area contributed by atoms with Crippen molar-refractivity contribution in [2.24, 2.45) is 5.73 Å². The van der Waals surface area contributed by atoms with E-state index >= 15 is 0 Å². The lowest BCUT2D eigenvalue weighted by atomic mass is 9.97. The molecule has 1 aliphatic heterocycles. The van der Waals surface area contributed by atoms with Crippen LogP contribution in [0.5, 0.6) is 0 Å².